The topological polar surface area (TPSA) is 78.9 Å². The first kappa shape index (κ1) is 18.7. The van der Waals surface area contributed by atoms with Crippen LogP contribution in [0.15, 0.2) is 30.3 Å². The van der Waals surface area contributed by atoms with Gasteiger partial charge in [-0.2, -0.15) is 0 Å². The zero-order valence-corrected chi connectivity index (χ0v) is 15.1. The van der Waals surface area contributed by atoms with Gasteiger partial charge < -0.3 is 15.2 Å². The molecule has 6 nitrogen and oxygen atoms in total. The fraction of sp³-hybridized carbons (Fsp3) is 0.600. The lowest BCUT2D eigenvalue weighted by Crippen LogP contribution is -2.48. The molecule has 2 amide bonds. The van der Waals surface area contributed by atoms with Gasteiger partial charge in [0.2, 0.25) is 5.91 Å². The highest BCUT2D eigenvalue weighted by molar-refractivity contribution is 5.86. The summed E-state index contributed by atoms with van der Waals surface area (Å²) in [5, 5.41) is 13.1. The Balaban J connectivity index is 1.56. The van der Waals surface area contributed by atoms with Crippen molar-refractivity contribution in [3.05, 3.63) is 35.9 Å². The molecular weight excluding hydrogens is 332 g/mol. The van der Waals surface area contributed by atoms with Gasteiger partial charge in [-0.15, -0.1) is 0 Å². The van der Waals surface area contributed by atoms with Crippen LogP contribution < -0.4 is 5.32 Å². The smallest absolute Gasteiger partial charge is 0.410 e. The van der Waals surface area contributed by atoms with Crippen molar-refractivity contribution in [2.45, 2.75) is 69.7 Å². The molecule has 1 saturated heterocycles. The number of aliphatic hydroxyl groups excluding tert-OH is 1. The third-order valence-electron chi connectivity index (χ3n) is 5.22. The van der Waals surface area contributed by atoms with E-state index in [1.165, 1.54) is 17.7 Å². The molecule has 3 rings (SSSR count). The van der Waals surface area contributed by atoms with E-state index in [-0.39, 0.29) is 31.5 Å². The zero-order chi connectivity index (χ0) is 18.4. The van der Waals surface area contributed by atoms with Crippen LogP contribution in [0.4, 0.5) is 4.79 Å². The molecule has 2 aliphatic rings. The second kappa shape index (κ2) is 9.03. The Hall–Kier alpha value is -2.08. The minimum Gasteiger partial charge on any atom is -0.445 e. The Labute approximate surface area is 154 Å². The van der Waals surface area contributed by atoms with Gasteiger partial charge in [0.25, 0.3) is 0 Å². The number of hydrogen-bond donors (Lipinski definition) is 2. The SMILES string of the molecule is O=C(NC1CCCCCC1)[C@@H]1C[C@H](O)CN1C(=O)OCc1ccccc1. The maximum absolute atomic E-state index is 12.7. The van der Waals surface area contributed by atoms with Gasteiger partial charge >= 0.3 is 6.09 Å². The number of benzene rings is 1. The van der Waals surface area contributed by atoms with Gasteiger partial charge in [0.1, 0.15) is 12.6 Å². The van der Waals surface area contributed by atoms with Crippen molar-refractivity contribution in [2.24, 2.45) is 0 Å². The third kappa shape index (κ3) is 4.97. The van der Waals surface area contributed by atoms with E-state index < -0.39 is 18.2 Å². The number of hydrogen-bond acceptors (Lipinski definition) is 4. The number of aliphatic hydroxyl groups is 1. The molecule has 0 radical (unpaired) electrons. The third-order valence-corrected chi connectivity index (χ3v) is 5.22. The number of likely N-dealkylation sites (tertiary alicyclic amines) is 1. The lowest BCUT2D eigenvalue weighted by Gasteiger charge is -2.25. The van der Waals surface area contributed by atoms with Gasteiger partial charge in [-0.25, -0.2) is 4.79 Å². The van der Waals surface area contributed by atoms with Crippen LogP contribution in [0, 0.1) is 0 Å². The molecule has 0 spiro atoms. The van der Waals surface area contributed by atoms with Gasteiger partial charge in [0.05, 0.1) is 12.6 Å². The van der Waals surface area contributed by atoms with E-state index in [4.69, 9.17) is 4.74 Å². The number of rotatable bonds is 4. The van der Waals surface area contributed by atoms with Crippen molar-refractivity contribution in [2.75, 3.05) is 6.54 Å². The van der Waals surface area contributed by atoms with Gasteiger partial charge in [-0.3, -0.25) is 9.69 Å². The zero-order valence-electron chi connectivity index (χ0n) is 15.1. The fourth-order valence-electron chi connectivity index (χ4n) is 3.79. The molecule has 142 valence electrons. The van der Waals surface area contributed by atoms with Crippen LogP contribution in [0.2, 0.25) is 0 Å². The predicted octanol–water partition coefficient (Wildman–Crippen LogP) is 2.60. The summed E-state index contributed by atoms with van der Waals surface area (Å²) in [6.07, 6.45) is 5.68. The summed E-state index contributed by atoms with van der Waals surface area (Å²) in [6.45, 7) is 0.291. The molecule has 1 aliphatic carbocycles. The lowest BCUT2D eigenvalue weighted by atomic mass is 10.1. The van der Waals surface area contributed by atoms with Gasteiger partial charge in [0, 0.05) is 12.5 Å². The van der Waals surface area contributed by atoms with E-state index in [0.29, 0.717) is 0 Å². The standard InChI is InChI=1S/C20H28N2O4/c23-17-12-18(19(24)21-16-10-6-1-2-7-11-16)22(13-17)20(25)26-14-15-8-4-3-5-9-15/h3-5,8-9,16-18,23H,1-2,6-7,10-14H2,(H,21,24)/t17-,18-/m0/s1. The van der Waals surface area contributed by atoms with Crippen LogP contribution in [-0.2, 0) is 16.1 Å². The average Bonchev–Trinajstić information content (AvgIpc) is 2.87. The second-order valence-electron chi connectivity index (χ2n) is 7.29. The van der Waals surface area contributed by atoms with E-state index in [2.05, 4.69) is 5.32 Å². The quantitative estimate of drug-likeness (QED) is 0.809. The predicted molar refractivity (Wildman–Crippen MR) is 97.4 cm³/mol. The maximum atomic E-state index is 12.7. The molecule has 0 unspecified atom stereocenters. The highest BCUT2D eigenvalue weighted by atomic mass is 16.6. The van der Waals surface area contributed by atoms with Crippen molar-refractivity contribution in [3.63, 3.8) is 0 Å². The van der Waals surface area contributed by atoms with Crippen LogP contribution >= 0.6 is 0 Å². The maximum Gasteiger partial charge on any atom is 0.410 e. The molecule has 2 fully saturated rings. The van der Waals surface area contributed by atoms with E-state index in [0.717, 1.165) is 31.2 Å². The molecule has 26 heavy (non-hydrogen) atoms. The van der Waals surface area contributed by atoms with Crippen molar-refractivity contribution < 1.29 is 19.4 Å². The summed E-state index contributed by atoms with van der Waals surface area (Å²) in [6, 6.07) is 8.93. The molecule has 1 aliphatic heterocycles. The molecular formula is C20H28N2O4. The van der Waals surface area contributed by atoms with Crippen molar-refractivity contribution in [1.29, 1.82) is 0 Å². The summed E-state index contributed by atoms with van der Waals surface area (Å²) in [7, 11) is 0. The summed E-state index contributed by atoms with van der Waals surface area (Å²) in [5.74, 6) is -0.176. The summed E-state index contributed by atoms with van der Waals surface area (Å²) < 4.78 is 5.35. The normalized spacial score (nSPS) is 24.1. The first-order valence-corrected chi connectivity index (χ1v) is 9.59. The summed E-state index contributed by atoms with van der Waals surface area (Å²) in [4.78, 5) is 26.5. The first-order valence-electron chi connectivity index (χ1n) is 9.59. The van der Waals surface area contributed by atoms with Crippen LogP contribution in [0.25, 0.3) is 0 Å². The minimum atomic E-state index is -0.691. The highest BCUT2D eigenvalue weighted by Gasteiger charge is 2.40. The number of β-amino-alcohol motifs (C(OH)–C–C–N with tert-alkyl or cyclic N) is 1. The van der Waals surface area contributed by atoms with Crippen LogP contribution in [0.1, 0.15) is 50.5 Å². The van der Waals surface area contributed by atoms with Crippen molar-refractivity contribution in [3.8, 4) is 0 Å². The number of carbonyl (C=O) groups excluding carboxylic acids is 2. The Bertz CT molecular complexity index is 599. The summed E-state index contributed by atoms with van der Waals surface area (Å²) in [5.41, 5.74) is 0.889. The Morgan fingerprint density at radius 3 is 2.50 bits per heavy atom. The van der Waals surface area contributed by atoms with Gasteiger partial charge in [-0.1, -0.05) is 56.0 Å². The Morgan fingerprint density at radius 1 is 1.12 bits per heavy atom. The van der Waals surface area contributed by atoms with E-state index in [1.54, 1.807) is 0 Å². The Morgan fingerprint density at radius 2 is 1.81 bits per heavy atom. The van der Waals surface area contributed by atoms with Crippen LogP contribution in [0.5, 0.6) is 0 Å². The highest BCUT2D eigenvalue weighted by Crippen LogP contribution is 2.22. The van der Waals surface area contributed by atoms with Gasteiger partial charge in [-0.05, 0) is 18.4 Å². The van der Waals surface area contributed by atoms with Crippen molar-refractivity contribution in [1.82, 2.24) is 10.2 Å². The number of amides is 2. The van der Waals surface area contributed by atoms with Crippen LogP contribution in [0.3, 0.4) is 0 Å². The van der Waals surface area contributed by atoms with E-state index >= 15 is 0 Å². The molecule has 1 aromatic carbocycles. The molecule has 1 heterocycles. The Kier molecular flexibility index (Phi) is 6.50. The molecule has 1 aromatic rings. The lowest BCUT2D eigenvalue weighted by molar-refractivity contribution is -0.126. The largest absolute Gasteiger partial charge is 0.445 e. The molecule has 2 N–H and O–H groups in total. The van der Waals surface area contributed by atoms with E-state index in [9.17, 15) is 14.7 Å². The molecule has 6 heteroatoms. The molecule has 0 bridgehead atoms. The number of carbonyl (C=O) groups is 2. The van der Waals surface area contributed by atoms with E-state index in [1.807, 2.05) is 30.3 Å². The minimum absolute atomic E-state index is 0.135. The first-order chi connectivity index (χ1) is 12.6. The summed E-state index contributed by atoms with van der Waals surface area (Å²) >= 11 is 0. The molecule has 1 saturated carbocycles. The van der Waals surface area contributed by atoms with Crippen LogP contribution in [-0.4, -0.2) is 46.7 Å². The number of nitrogens with one attached hydrogen (secondary N) is 1. The number of nitrogens with zero attached hydrogens (tertiary/aromatic N) is 1. The molecule has 0 aromatic heterocycles. The average molecular weight is 360 g/mol. The number of ether oxygens (including phenoxy) is 1. The van der Waals surface area contributed by atoms with Crippen molar-refractivity contribution >= 4 is 12.0 Å². The van der Waals surface area contributed by atoms with Gasteiger partial charge in [0.15, 0.2) is 0 Å². The fourth-order valence-corrected chi connectivity index (χ4v) is 3.79. The monoisotopic (exact) mass is 360 g/mol. The second-order valence-corrected chi connectivity index (χ2v) is 7.29. The molecule has 2 atom stereocenters.